The molecule has 1 rings (SSSR count). The van der Waals surface area contributed by atoms with Crippen LogP contribution in [-0.4, -0.2) is 23.1 Å². The van der Waals surface area contributed by atoms with Crippen LogP contribution < -0.4 is 4.90 Å². The van der Waals surface area contributed by atoms with Crippen molar-refractivity contribution in [2.75, 3.05) is 18.0 Å². The van der Waals surface area contributed by atoms with Crippen molar-refractivity contribution in [1.29, 1.82) is 0 Å². The zero-order chi connectivity index (χ0) is 9.52. The third kappa shape index (κ3) is 3.01. The average Bonchev–Trinajstić information content (AvgIpc) is 2.21. The molecule has 0 bridgehead atoms. The molecule has 0 fully saturated rings. The van der Waals surface area contributed by atoms with Crippen LogP contribution in [0.25, 0.3) is 0 Å². The fourth-order valence-electron chi connectivity index (χ4n) is 1.25. The Morgan fingerprint density at radius 3 is 2.77 bits per heavy atom. The summed E-state index contributed by atoms with van der Waals surface area (Å²) in [4.78, 5) is 10.4. The second kappa shape index (κ2) is 5.51. The average molecular weight is 179 g/mol. The van der Waals surface area contributed by atoms with Gasteiger partial charge in [-0.05, 0) is 19.4 Å². The number of unbranched alkanes of at least 4 members (excludes halogenated alkanes) is 1. The SMILES string of the molecule is CCCCN(CC)c1ccncn1. The molecule has 0 aliphatic heterocycles. The molecule has 0 aliphatic rings. The zero-order valence-corrected chi connectivity index (χ0v) is 8.40. The van der Waals surface area contributed by atoms with E-state index in [1.165, 1.54) is 12.8 Å². The molecule has 0 unspecified atom stereocenters. The normalized spacial score (nSPS) is 10.0. The molecule has 0 saturated carbocycles. The van der Waals surface area contributed by atoms with Gasteiger partial charge in [-0.25, -0.2) is 9.97 Å². The van der Waals surface area contributed by atoms with E-state index in [-0.39, 0.29) is 0 Å². The van der Waals surface area contributed by atoms with Crippen molar-refractivity contribution in [2.45, 2.75) is 26.7 Å². The van der Waals surface area contributed by atoms with Crippen LogP contribution in [0.2, 0.25) is 0 Å². The van der Waals surface area contributed by atoms with E-state index in [9.17, 15) is 0 Å². The van der Waals surface area contributed by atoms with Gasteiger partial charge >= 0.3 is 0 Å². The standard InChI is InChI=1S/C10H17N3/c1-3-5-8-13(4-2)10-6-7-11-9-12-10/h6-7,9H,3-5,8H2,1-2H3. The number of rotatable bonds is 5. The Hall–Kier alpha value is -1.12. The van der Waals surface area contributed by atoms with Gasteiger partial charge in [0, 0.05) is 19.3 Å². The molecule has 0 amide bonds. The highest BCUT2D eigenvalue weighted by Crippen LogP contribution is 2.08. The second-order valence-corrected chi connectivity index (χ2v) is 3.00. The van der Waals surface area contributed by atoms with E-state index in [0.717, 1.165) is 18.9 Å². The summed E-state index contributed by atoms with van der Waals surface area (Å²) in [6, 6.07) is 1.96. The predicted octanol–water partition coefficient (Wildman–Crippen LogP) is 2.10. The quantitative estimate of drug-likeness (QED) is 0.693. The summed E-state index contributed by atoms with van der Waals surface area (Å²) in [6.45, 7) is 6.45. The van der Waals surface area contributed by atoms with Gasteiger partial charge in [-0.1, -0.05) is 13.3 Å². The summed E-state index contributed by atoms with van der Waals surface area (Å²) in [5.41, 5.74) is 0. The van der Waals surface area contributed by atoms with Crippen molar-refractivity contribution >= 4 is 5.82 Å². The Balaban J connectivity index is 2.56. The number of hydrogen-bond acceptors (Lipinski definition) is 3. The summed E-state index contributed by atoms with van der Waals surface area (Å²) >= 11 is 0. The van der Waals surface area contributed by atoms with Gasteiger partial charge in [0.15, 0.2) is 0 Å². The minimum Gasteiger partial charge on any atom is -0.357 e. The molecule has 72 valence electrons. The number of anilines is 1. The van der Waals surface area contributed by atoms with Gasteiger partial charge in [0.25, 0.3) is 0 Å². The van der Waals surface area contributed by atoms with Crippen molar-refractivity contribution in [3.8, 4) is 0 Å². The van der Waals surface area contributed by atoms with Crippen molar-refractivity contribution in [2.24, 2.45) is 0 Å². The first-order valence-corrected chi connectivity index (χ1v) is 4.89. The molecule has 3 nitrogen and oxygen atoms in total. The number of hydrogen-bond donors (Lipinski definition) is 0. The maximum absolute atomic E-state index is 4.22. The molecule has 0 atom stereocenters. The summed E-state index contributed by atoms with van der Waals surface area (Å²) in [5.74, 6) is 1.03. The van der Waals surface area contributed by atoms with E-state index in [4.69, 9.17) is 0 Å². The smallest absolute Gasteiger partial charge is 0.131 e. The lowest BCUT2D eigenvalue weighted by molar-refractivity contribution is 0.723. The molecule has 13 heavy (non-hydrogen) atoms. The van der Waals surface area contributed by atoms with Crippen LogP contribution in [0.1, 0.15) is 26.7 Å². The van der Waals surface area contributed by atoms with Gasteiger partial charge in [-0.3, -0.25) is 0 Å². The highest BCUT2D eigenvalue weighted by molar-refractivity contribution is 5.35. The summed E-state index contributed by atoms with van der Waals surface area (Å²) in [7, 11) is 0. The first-order valence-electron chi connectivity index (χ1n) is 4.89. The molecule has 0 aliphatic carbocycles. The lowest BCUT2D eigenvalue weighted by Crippen LogP contribution is -2.24. The lowest BCUT2D eigenvalue weighted by Gasteiger charge is -2.20. The van der Waals surface area contributed by atoms with E-state index in [2.05, 4.69) is 28.7 Å². The van der Waals surface area contributed by atoms with Crippen LogP contribution in [0.5, 0.6) is 0 Å². The van der Waals surface area contributed by atoms with Crippen LogP contribution in [0, 0.1) is 0 Å². The van der Waals surface area contributed by atoms with Gasteiger partial charge in [0.1, 0.15) is 12.1 Å². The third-order valence-electron chi connectivity index (χ3n) is 2.05. The Kier molecular flexibility index (Phi) is 4.23. The number of aromatic nitrogens is 2. The highest BCUT2D eigenvalue weighted by atomic mass is 15.2. The highest BCUT2D eigenvalue weighted by Gasteiger charge is 2.02. The second-order valence-electron chi connectivity index (χ2n) is 3.00. The minimum absolute atomic E-state index is 1.01. The Morgan fingerprint density at radius 2 is 2.23 bits per heavy atom. The molecule has 0 saturated heterocycles. The Labute approximate surface area is 79.8 Å². The molecule has 3 heteroatoms. The number of nitrogens with zero attached hydrogens (tertiary/aromatic N) is 3. The summed E-state index contributed by atoms with van der Waals surface area (Å²) in [5, 5.41) is 0. The van der Waals surface area contributed by atoms with Crippen LogP contribution in [-0.2, 0) is 0 Å². The van der Waals surface area contributed by atoms with Gasteiger partial charge in [-0.15, -0.1) is 0 Å². The van der Waals surface area contributed by atoms with Crippen molar-refractivity contribution in [3.05, 3.63) is 18.6 Å². The zero-order valence-electron chi connectivity index (χ0n) is 8.40. The van der Waals surface area contributed by atoms with Gasteiger partial charge in [0.2, 0.25) is 0 Å². The first-order chi connectivity index (χ1) is 6.38. The van der Waals surface area contributed by atoms with E-state index >= 15 is 0 Å². The molecular formula is C10H17N3. The maximum Gasteiger partial charge on any atom is 0.131 e. The van der Waals surface area contributed by atoms with E-state index in [1.54, 1.807) is 12.5 Å². The van der Waals surface area contributed by atoms with Gasteiger partial charge in [-0.2, -0.15) is 0 Å². The molecule has 0 radical (unpaired) electrons. The topological polar surface area (TPSA) is 29.0 Å². The Bertz CT molecular complexity index is 223. The fourth-order valence-corrected chi connectivity index (χ4v) is 1.25. The van der Waals surface area contributed by atoms with Crippen molar-refractivity contribution < 1.29 is 0 Å². The first kappa shape index (κ1) is 9.96. The maximum atomic E-state index is 4.22. The van der Waals surface area contributed by atoms with Crippen LogP contribution in [0.3, 0.4) is 0 Å². The van der Waals surface area contributed by atoms with Crippen molar-refractivity contribution in [1.82, 2.24) is 9.97 Å². The van der Waals surface area contributed by atoms with E-state index < -0.39 is 0 Å². The monoisotopic (exact) mass is 179 g/mol. The summed E-state index contributed by atoms with van der Waals surface area (Å²) < 4.78 is 0. The molecule has 1 heterocycles. The molecular weight excluding hydrogens is 162 g/mol. The van der Waals surface area contributed by atoms with Crippen LogP contribution in [0.4, 0.5) is 5.82 Å². The van der Waals surface area contributed by atoms with E-state index in [0.29, 0.717) is 0 Å². The predicted molar refractivity (Wildman–Crippen MR) is 54.8 cm³/mol. The molecule has 1 aromatic heterocycles. The van der Waals surface area contributed by atoms with Crippen LogP contribution in [0.15, 0.2) is 18.6 Å². The third-order valence-corrected chi connectivity index (χ3v) is 2.05. The van der Waals surface area contributed by atoms with Gasteiger partial charge < -0.3 is 4.90 Å². The Morgan fingerprint density at radius 1 is 1.38 bits per heavy atom. The minimum atomic E-state index is 1.01. The lowest BCUT2D eigenvalue weighted by atomic mass is 10.3. The van der Waals surface area contributed by atoms with Crippen LogP contribution >= 0.6 is 0 Å². The summed E-state index contributed by atoms with van der Waals surface area (Å²) in [6.07, 6.45) is 5.83. The van der Waals surface area contributed by atoms with Crippen molar-refractivity contribution in [3.63, 3.8) is 0 Å². The molecule has 0 spiro atoms. The van der Waals surface area contributed by atoms with Gasteiger partial charge in [0.05, 0.1) is 0 Å². The molecule has 1 aromatic rings. The largest absolute Gasteiger partial charge is 0.357 e. The molecule has 0 aromatic carbocycles. The fraction of sp³-hybridized carbons (Fsp3) is 0.600. The van der Waals surface area contributed by atoms with E-state index in [1.807, 2.05) is 6.07 Å². The molecule has 0 N–H and O–H groups in total.